The predicted molar refractivity (Wildman–Crippen MR) is 503 cm³/mol. The Hall–Kier alpha value is -12.4. The Morgan fingerprint density at radius 3 is 1.57 bits per heavy atom. The van der Waals surface area contributed by atoms with Gasteiger partial charge in [-0.15, -0.1) is 0 Å². The molecule has 39 nitrogen and oxygen atoms in total. The van der Waals surface area contributed by atoms with Crippen LogP contribution in [0, 0.1) is 17.8 Å². The van der Waals surface area contributed by atoms with Gasteiger partial charge in [-0.2, -0.15) is 0 Å². The molecule has 0 aliphatic carbocycles. The molecule has 0 saturated carbocycles. The second-order valence-corrected chi connectivity index (χ2v) is 36.6. The van der Waals surface area contributed by atoms with Crippen LogP contribution in [0.5, 0.6) is 23.0 Å². The molecule has 750 valence electrons. The van der Waals surface area contributed by atoms with Crippen molar-refractivity contribution in [1.29, 1.82) is 0 Å². The van der Waals surface area contributed by atoms with E-state index in [0.29, 0.717) is 86.1 Å². The Morgan fingerprint density at radius 2 is 1.07 bits per heavy atom. The number of hydrogen-bond donors (Lipinski definition) is 7. The fourth-order valence-corrected chi connectivity index (χ4v) is 16.4. The van der Waals surface area contributed by atoms with E-state index >= 15 is 0 Å². The van der Waals surface area contributed by atoms with Gasteiger partial charge in [0, 0.05) is 94.3 Å². The van der Waals surface area contributed by atoms with Gasteiger partial charge in [0.1, 0.15) is 43.1 Å². The number of unbranched alkanes of at least 4 members (excludes halogenated alkanes) is 2. The molecule has 0 bridgehead atoms. The van der Waals surface area contributed by atoms with Gasteiger partial charge in [-0.05, 0) is 184 Å². The van der Waals surface area contributed by atoms with Gasteiger partial charge in [0.05, 0.1) is 108 Å². The van der Waals surface area contributed by atoms with Crippen molar-refractivity contribution in [3.63, 3.8) is 0 Å². The van der Waals surface area contributed by atoms with Crippen LogP contribution in [0.4, 0.5) is 36.2 Å². The summed E-state index contributed by atoms with van der Waals surface area (Å²) in [5.41, 5.74) is 8.07. The van der Waals surface area contributed by atoms with Crippen LogP contribution in [0.1, 0.15) is 195 Å². The van der Waals surface area contributed by atoms with E-state index in [9.17, 15) is 57.5 Å². The number of carbonyl (C=O) groups is 12. The minimum absolute atomic E-state index is 0.0278. The maximum Gasteiger partial charge on any atom is 0.417 e. The normalized spacial score (nSPS) is 19.0. The molecule has 4 aromatic carbocycles. The Kier molecular flexibility index (Phi) is 39.4. The Morgan fingerprint density at radius 1 is 0.551 bits per heavy atom. The van der Waals surface area contributed by atoms with Gasteiger partial charge in [-0.1, -0.05) is 68.5 Å². The molecule has 7 aliphatic rings. The number of rotatable bonds is 46. The van der Waals surface area contributed by atoms with Crippen LogP contribution < -0.4 is 66.4 Å². The largest absolute Gasteiger partial charge is 0.493 e. The number of hydrogen-bond acceptors (Lipinski definition) is 27. The maximum atomic E-state index is 14.9. The van der Waals surface area contributed by atoms with Crippen molar-refractivity contribution in [3.8, 4) is 34.8 Å². The van der Waals surface area contributed by atoms with Crippen molar-refractivity contribution in [1.82, 2.24) is 41.3 Å². The summed E-state index contributed by atoms with van der Waals surface area (Å²) in [6, 6.07) is 14.0. The van der Waals surface area contributed by atoms with E-state index in [2.05, 4.69) is 56.9 Å². The molecule has 0 spiro atoms. The number of amides is 13. The fourth-order valence-electron chi connectivity index (χ4n) is 16.4. The van der Waals surface area contributed by atoms with E-state index in [-0.39, 0.29) is 224 Å². The SMILES string of the molecule is C=C1C[C@H]2[C@H](OC3CCCCO3)N(C(=O)OC(C)(C)C)c3cc(OCc4cc(C#CCNC(=O)CCOCCOCCOCCOCCNC(=O)OCc5ccc(NC(=O)[C@H](CCCNC(N)=O)NC(=O)[C@@H](NC(=O)CCCCCN6C(=O)C=CC6=O)C(C)C)cc5)cc(COc5cc6c(cc5OC)C(=O)N5CC(=C)C[C@H]5[C@H](OC5CCCCO5)N6C(=O)OC(C)(C)C)c4)c(OC)cc3C(=O)N2C1. The van der Waals surface area contributed by atoms with Crippen molar-refractivity contribution in [2.75, 3.05) is 135 Å². The van der Waals surface area contributed by atoms with Crippen molar-refractivity contribution < 1.29 is 129 Å². The van der Waals surface area contributed by atoms with Gasteiger partial charge in [0.25, 0.3) is 23.6 Å². The smallest absolute Gasteiger partial charge is 0.417 e. The van der Waals surface area contributed by atoms with Gasteiger partial charge in [0.2, 0.25) is 23.6 Å². The summed E-state index contributed by atoms with van der Waals surface area (Å²) in [5, 5.41) is 16.2. The minimum Gasteiger partial charge on any atom is -0.493 e. The lowest BCUT2D eigenvalue weighted by Gasteiger charge is -2.39. The number of urea groups is 1. The highest BCUT2D eigenvalue weighted by molar-refractivity contribution is 6.13. The van der Waals surface area contributed by atoms with E-state index in [1.165, 1.54) is 36.2 Å². The topological polar surface area (TPSA) is 458 Å². The third-order valence-electron chi connectivity index (χ3n) is 23.1. The summed E-state index contributed by atoms with van der Waals surface area (Å²) in [6.07, 6.45) is 3.90. The molecule has 2 unspecified atom stereocenters. The van der Waals surface area contributed by atoms with Crippen LogP contribution >= 0.6 is 0 Å². The number of benzene rings is 4. The van der Waals surface area contributed by atoms with Crippen LogP contribution in [0.2, 0.25) is 0 Å². The van der Waals surface area contributed by atoms with Gasteiger partial charge in [0.15, 0.2) is 48.0 Å². The maximum absolute atomic E-state index is 14.9. The molecule has 4 aromatic rings. The van der Waals surface area contributed by atoms with E-state index in [4.69, 9.17) is 76.8 Å². The highest BCUT2D eigenvalue weighted by Crippen LogP contribution is 2.47. The average molecular weight is 1920 g/mol. The first-order valence-electron chi connectivity index (χ1n) is 47.0. The third kappa shape index (κ3) is 31.3. The van der Waals surface area contributed by atoms with Crippen LogP contribution in [0.15, 0.2) is 103 Å². The average Bonchev–Trinajstić information content (AvgIpc) is 1.60. The number of nitrogens with zero attached hydrogens (tertiary/aromatic N) is 5. The van der Waals surface area contributed by atoms with Crippen LogP contribution in [-0.2, 0) is 101 Å². The van der Waals surface area contributed by atoms with Gasteiger partial charge in [-0.3, -0.25) is 43.3 Å². The molecule has 0 aromatic heterocycles. The first kappa shape index (κ1) is 106. The zero-order valence-electron chi connectivity index (χ0n) is 80.5. The quantitative estimate of drug-likeness (QED) is 0.00710. The van der Waals surface area contributed by atoms with Crippen LogP contribution in [0.25, 0.3) is 0 Å². The van der Waals surface area contributed by atoms with Crippen molar-refractivity contribution in [2.24, 2.45) is 11.7 Å². The molecule has 8 N–H and O–H groups in total. The predicted octanol–water partition coefficient (Wildman–Crippen LogP) is 10.0. The molecular formula is C99H132N12O27. The zero-order chi connectivity index (χ0) is 99.2. The lowest BCUT2D eigenvalue weighted by molar-refractivity contribution is -0.196. The van der Waals surface area contributed by atoms with Gasteiger partial charge in [-0.25, -0.2) is 29.0 Å². The van der Waals surface area contributed by atoms with E-state index in [0.717, 1.165) is 41.7 Å². The number of anilines is 3. The highest BCUT2D eigenvalue weighted by Gasteiger charge is 2.52. The molecule has 39 heteroatoms. The summed E-state index contributed by atoms with van der Waals surface area (Å²) in [4.78, 5) is 168. The summed E-state index contributed by atoms with van der Waals surface area (Å²) < 4.78 is 91.2. The number of ether oxygens (including phenoxy) is 15. The number of alkyl carbamates (subject to hydrolysis) is 1. The van der Waals surface area contributed by atoms with E-state index in [1.807, 2.05) is 6.07 Å². The summed E-state index contributed by atoms with van der Waals surface area (Å²) in [7, 11) is 2.89. The van der Waals surface area contributed by atoms with E-state index in [1.54, 1.807) is 126 Å². The number of nitrogens with one attached hydrogen (secondary N) is 6. The molecule has 4 fully saturated rings. The Bertz CT molecular complexity index is 4870. The molecule has 7 heterocycles. The molecule has 13 amide bonds. The lowest BCUT2D eigenvalue weighted by atomic mass is 10.0. The second kappa shape index (κ2) is 51.3. The standard InChI is InChI=1S/C99H132N12O27/c1-62(2)87(106-82(113)24-14-13-17-37-107-83(114)31-32-84(107)115)89(117)105-72(23-21-35-102-94(100)120)88(116)104-69-29-27-65(28-30-69)59-134-95(121)103-36-41-127-43-45-129-47-46-128-44-42-126-40-33-81(112)101-34-20-22-66-50-67(60-132-79-55-73-70(53-77(79)124-11)90(118)108-57-63(3)48-75(108)92(135-85-25-15-18-38-130-85)110(73)96(122)137-98(5,6)7)52-68(51-66)61-133-80-56-74-71(54-78(80)125-12)91(119)109-58-64(4)49-76(109)93(136-86-26-16-19-39-131-86)111(74)97(123)138-99(8,9)10/h27-32,50-56,62,72,75-76,85-87,92-93H,3-4,13-19,21,23-26,33-49,57-61H2,1-2,5-12H3,(H,101,112)(H,103,121)(H,104,116)(H,105,117)(H,106,113)(H3,100,102,120)/t72-,75-,76-,85?,86?,87-,92-,93-/m0/s1. The first-order chi connectivity index (χ1) is 66.1. The van der Waals surface area contributed by atoms with Crippen LogP contribution in [0.3, 0.4) is 0 Å². The number of nitrogens with two attached hydrogens (primary N) is 1. The first-order valence-corrected chi connectivity index (χ1v) is 47.0. The molecule has 0 radical (unpaired) electrons. The fraction of sp³-hybridized carbons (Fsp3) is 0.556. The number of carbonyl (C=O) groups excluding carboxylic acids is 12. The number of methoxy groups -OCH3 is 2. The molecule has 7 aliphatic heterocycles. The van der Waals surface area contributed by atoms with Crippen molar-refractivity contribution >= 4 is 88.6 Å². The van der Waals surface area contributed by atoms with Gasteiger partial charge >= 0.3 is 24.3 Å². The van der Waals surface area contributed by atoms with Gasteiger partial charge < -0.3 is 118 Å². The Labute approximate surface area is 804 Å². The molecule has 8 atom stereocenters. The Balaban J connectivity index is 0.644. The summed E-state index contributed by atoms with van der Waals surface area (Å²) >= 11 is 0. The van der Waals surface area contributed by atoms with Crippen molar-refractivity contribution in [2.45, 2.75) is 232 Å². The highest BCUT2D eigenvalue weighted by atomic mass is 16.7. The lowest BCUT2D eigenvalue weighted by Crippen LogP contribution is -2.54. The molecule has 138 heavy (non-hydrogen) atoms. The molecule has 4 saturated heterocycles. The number of imide groups is 1. The zero-order valence-corrected chi connectivity index (χ0v) is 80.5. The third-order valence-corrected chi connectivity index (χ3v) is 23.1. The minimum atomic E-state index is -1.08. The number of primary amides is 1. The monoisotopic (exact) mass is 1920 g/mol. The van der Waals surface area contributed by atoms with Crippen molar-refractivity contribution in [3.05, 3.63) is 137 Å². The second-order valence-electron chi connectivity index (χ2n) is 36.6. The summed E-state index contributed by atoms with van der Waals surface area (Å²) in [6.45, 7) is 25.7. The summed E-state index contributed by atoms with van der Waals surface area (Å²) in [5.74, 6) is 3.21. The van der Waals surface area contributed by atoms with Crippen LogP contribution in [-0.4, -0.2) is 266 Å². The molecule has 11 rings (SSSR count). The molecular weight excluding hydrogens is 1790 g/mol. The van der Waals surface area contributed by atoms with E-state index < -0.39 is 96.5 Å². The number of fused-ring (bicyclic) bond motifs is 4.